The van der Waals surface area contributed by atoms with E-state index in [0.717, 1.165) is 25.7 Å². The number of hydrogen-bond acceptors (Lipinski definition) is 4. The van der Waals surface area contributed by atoms with Crippen LogP contribution in [0.15, 0.2) is 0 Å². The van der Waals surface area contributed by atoms with Crippen molar-refractivity contribution >= 4 is 5.97 Å². The summed E-state index contributed by atoms with van der Waals surface area (Å²) in [7, 11) is 1.38. The van der Waals surface area contributed by atoms with Gasteiger partial charge in [0, 0.05) is 13.2 Å². The summed E-state index contributed by atoms with van der Waals surface area (Å²) in [4.78, 5) is 11.4. The zero-order valence-corrected chi connectivity index (χ0v) is 11.5. The van der Waals surface area contributed by atoms with Crippen molar-refractivity contribution in [3.8, 4) is 0 Å². The lowest BCUT2D eigenvalue weighted by molar-refractivity contribution is -0.188. The van der Waals surface area contributed by atoms with Crippen LogP contribution in [0.25, 0.3) is 0 Å². The number of methoxy groups -OCH3 is 1. The molecule has 0 radical (unpaired) electrons. The van der Waals surface area contributed by atoms with Gasteiger partial charge >= 0.3 is 5.97 Å². The fraction of sp³-hybridized carbons (Fsp3) is 0.923. The molecular formula is C13H26O4. The van der Waals surface area contributed by atoms with E-state index < -0.39 is 6.29 Å². The summed E-state index contributed by atoms with van der Waals surface area (Å²) >= 11 is 0. The van der Waals surface area contributed by atoms with Crippen molar-refractivity contribution < 1.29 is 19.0 Å². The number of hydrogen-bond donors (Lipinski definition) is 0. The Labute approximate surface area is 105 Å². The molecule has 0 aliphatic rings. The second-order valence-corrected chi connectivity index (χ2v) is 4.13. The summed E-state index contributed by atoms with van der Waals surface area (Å²) in [6.45, 7) is 7.21. The molecule has 1 unspecified atom stereocenters. The van der Waals surface area contributed by atoms with Crippen LogP contribution in [0.3, 0.4) is 0 Å². The average Bonchev–Trinajstić information content (AvgIpc) is 2.35. The maximum Gasteiger partial charge on any atom is 0.313 e. The maximum absolute atomic E-state index is 11.4. The highest BCUT2D eigenvalue weighted by atomic mass is 16.7. The van der Waals surface area contributed by atoms with Crippen LogP contribution in [0.1, 0.15) is 46.5 Å². The number of ether oxygens (including phenoxy) is 3. The molecule has 0 amide bonds. The first kappa shape index (κ1) is 16.4. The molecule has 0 spiro atoms. The van der Waals surface area contributed by atoms with E-state index in [2.05, 4.69) is 13.8 Å². The van der Waals surface area contributed by atoms with Gasteiger partial charge in [0.1, 0.15) is 5.92 Å². The standard InChI is InChI=1S/C13H26O4/c1-5-7-9-16-13(17-10-8-6-2)11(3)12(14)15-4/h11,13H,5-10H2,1-4H3. The molecule has 0 aromatic heterocycles. The van der Waals surface area contributed by atoms with Gasteiger partial charge in [0.05, 0.1) is 7.11 Å². The van der Waals surface area contributed by atoms with Gasteiger partial charge in [-0.2, -0.15) is 0 Å². The highest BCUT2D eigenvalue weighted by molar-refractivity contribution is 5.72. The second kappa shape index (κ2) is 10.5. The summed E-state index contributed by atoms with van der Waals surface area (Å²) in [5.74, 6) is -0.670. The maximum atomic E-state index is 11.4. The molecule has 0 aliphatic carbocycles. The normalized spacial score (nSPS) is 12.8. The predicted octanol–water partition coefficient (Wildman–Crippen LogP) is 2.76. The van der Waals surface area contributed by atoms with E-state index in [4.69, 9.17) is 14.2 Å². The van der Waals surface area contributed by atoms with Crippen LogP contribution in [-0.4, -0.2) is 32.6 Å². The molecule has 0 aromatic rings. The lowest BCUT2D eigenvalue weighted by atomic mass is 10.2. The molecule has 0 fully saturated rings. The molecule has 4 heteroatoms. The van der Waals surface area contributed by atoms with Gasteiger partial charge in [0.15, 0.2) is 6.29 Å². The Balaban J connectivity index is 4.12. The van der Waals surface area contributed by atoms with Gasteiger partial charge in [-0.15, -0.1) is 0 Å². The molecule has 1 atom stereocenters. The van der Waals surface area contributed by atoms with Crippen molar-refractivity contribution in [2.24, 2.45) is 5.92 Å². The van der Waals surface area contributed by atoms with Crippen LogP contribution in [0.2, 0.25) is 0 Å². The molecule has 0 aliphatic heterocycles. The third-order valence-electron chi connectivity index (χ3n) is 2.54. The summed E-state index contributed by atoms with van der Waals surface area (Å²) in [6.07, 6.45) is 3.59. The Morgan fingerprint density at radius 3 is 1.88 bits per heavy atom. The lowest BCUT2D eigenvalue weighted by Crippen LogP contribution is -2.32. The highest BCUT2D eigenvalue weighted by Gasteiger charge is 2.26. The van der Waals surface area contributed by atoms with Crippen molar-refractivity contribution in [3.05, 3.63) is 0 Å². The predicted molar refractivity (Wildman–Crippen MR) is 66.7 cm³/mol. The third-order valence-corrected chi connectivity index (χ3v) is 2.54. The summed E-state index contributed by atoms with van der Waals surface area (Å²) in [5, 5.41) is 0. The van der Waals surface area contributed by atoms with Gasteiger partial charge in [-0.3, -0.25) is 4.79 Å². The topological polar surface area (TPSA) is 44.8 Å². The fourth-order valence-corrected chi connectivity index (χ4v) is 1.32. The molecule has 0 aromatic carbocycles. The third kappa shape index (κ3) is 7.34. The quantitative estimate of drug-likeness (QED) is 0.338. The minimum atomic E-state index is -0.486. The molecule has 0 saturated heterocycles. The first-order chi connectivity index (χ1) is 8.17. The van der Waals surface area contributed by atoms with Crippen LogP contribution in [0, 0.1) is 5.92 Å². The van der Waals surface area contributed by atoms with Gasteiger partial charge in [-0.25, -0.2) is 0 Å². The summed E-state index contributed by atoms with van der Waals surface area (Å²) < 4.78 is 15.9. The number of esters is 1. The molecule has 0 heterocycles. The van der Waals surface area contributed by atoms with Gasteiger partial charge < -0.3 is 14.2 Å². The minimum Gasteiger partial charge on any atom is -0.469 e. The van der Waals surface area contributed by atoms with E-state index in [1.807, 2.05) is 0 Å². The molecular weight excluding hydrogens is 220 g/mol. The zero-order chi connectivity index (χ0) is 13.1. The Kier molecular flexibility index (Phi) is 10.2. The molecule has 102 valence electrons. The first-order valence-corrected chi connectivity index (χ1v) is 6.48. The van der Waals surface area contributed by atoms with Crippen LogP contribution in [-0.2, 0) is 19.0 Å². The second-order valence-electron chi connectivity index (χ2n) is 4.13. The molecule has 0 bridgehead atoms. The number of rotatable bonds is 10. The Morgan fingerprint density at radius 1 is 1.06 bits per heavy atom. The first-order valence-electron chi connectivity index (χ1n) is 6.48. The van der Waals surface area contributed by atoms with E-state index in [0.29, 0.717) is 13.2 Å². The smallest absolute Gasteiger partial charge is 0.313 e. The molecule has 0 N–H and O–H groups in total. The lowest BCUT2D eigenvalue weighted by Gasteiger charge is -2.22. The van der Waals surface area contributed by atoms with Gasteiger partial charge in [-0.1, -0.05) is 26.7 Å². The van der Waals surface area contributed by atoms with Crippen LogP contribution in [0.4, 0.5) is 0 Å². The molecule has 0 saturated carbocycles. The van der Waals surface area contributed by atoms with E-state index in [-0.39, 0.29) is 11.9 Å². The van der Waals surface area contributed by atoms with E-state index >= 15 is 0 Å². The number of carbonyl (C=O) groups excluding carboxylic acids is 1. The Bertz CT molecular complexity index is 184. The monoisotopic (exact) mass is 246 g/mol. The van der Waals surface area contributed by atoms with E-state index in [9.17, 15) is 4.79 Å². The number of carbonyl (C=O) groups is 1. The van der Waals surface area contributed by atoms with Crippen molar-refractivity contribution in [3.63, 3.8) is 0 Å². The van der Waals surface area contributed by atoms with Gasteiger partial charge in [-0.05, 0) is 19.8 Å². The molecule has 17 heavy (non-hydrogen) atoms. The van der Waals surface area contributed by atoms with Crippen molar-refractivity contribution in [1.29, 1.82) is 0 Å². The summed E-state index contributed by atoms with van der Waals surface area (Å²) in [5.41, 5.74) is 0. The van der Waals surface area contributed by atoms with Crippen molar-refractivity contribution in [2.75, 3.05) is 20.3 Å². The number of unbranched alkanes of at least 4 members (excludes halogenated alkanes) is 2. The van der Waals surface area contributed by atoms with Crippen LogP contribution in [0.5, 0.6) is 0 Å². The van der Waals surface area contributed by atoms with Crippen molar-refractivity contribution in [2.45, 2.75) is 52.7 Å². The molecule has 4 nitrogen and oxygen atoms in total. The van der Waals surface area contributed by atoms with E-state index in [1.54, 1.807) is 6.92 Å². The Morgan fingerprint density at radius 2 is 1.53 bits per heavy atom. The van der Waals surface area contributed by atoms with Crippen LogP contribution < -0.4 is 0 Å². The zero-order valence-electron chi connectivity index (χ0n) is 11.5. The van der Waals surface area contributed by atoms with Crippen LogP contribution >= 0.6 is 0 Å². The molecule has 0 rings (SSSR count). The van der Waals surface area contributed by atoms with E-state index in [1.165, 1.54) is 7.11 Å². The minimum absolute atomic E-state index is 0.289. The average molecular weight is 246 g/mol. The van der Waals surface area contributed by atoms with Gasteiger partial charge in [0.2, 0.25) is 0 Å². The largest absolute Gasteiger partial charge is 0.469 e. The SMILES string of the molecule is CCCCOC(OCCCC)C(C)C(=O)OC. The summed E-state index contributed by atoms with van der Waals surface area (Å²) in [6, 6.07) is 0. The van der Waals surface area contributed by atoms with Gasteiger partial charge in [0.25, 0.3) is 0 Å². The highest BCUT2D eigenvalue weighted by Crippen LogP contribution is 2.12. The van der Waals surface area contributed by atoms with Crippen molar-refractivity contribution in [1.82, 2.24) is 0 Å². The Hall–Kier alpha value is -0.610. The fourth-order valence-electron chi connectivity index (χ4n) is 1.32.